The SMILES string of the molecule is O=C(NCCc1ccc(Cl)c(Cl)c1)Oc1cnn(-c2ccc(Cl)cc2)c1C(F)(F)F. The number of ether oxygens (including phenoxy) is 1. The minimum absolute atomic E-state index is 0.113. The van der Waals surface area contributed by atoms with Crippen molar-refractivity contribution in [3.05, 3.63) is 75.0 Å². The normalized spacial score (nSPS) is 11.4. The molecule has 5 nitrogen and oxygen atoms in total. The molecule has 0 atom stereocenters. The van der Waals surface area contributed by atoms with E-state index in [1.54, 1.807) is 18.2 Å². The van der Waals surface area contributed by atoms with Crippen LogP contribution in [-0.4, -0.2) is 22.4 Å². The summed E-state index contributed by atoms with van der Waals surface area (Å²) in [6.45, 7) is 0.115. The van der Waals surface area contributed by atoms with Crippen LogP contribution in [0.4, 0.5) is 18.0 Å². The van der Waals surface area contributed by atoms with Gasteiger partial charge in [0, 0.05) is 11.6 Å². The van der Waals surface area contributed by atoms with Crippen LogP contribution in [0.5, 0.6) is 5.75 Å². The number of carbonyl (C=O) groups is 1. The van der Waals surface area contributed by atoms with E-state index in [4.69, 9.17) is 39.5 Å². The maximum atomic E-state index is 13.6. The molecule has 0 aliphatic rings. The minimum atomic E-state index is -4.81. The maximum absolute atomic E-state index is 13.6. The first-order valence-corrected chi connectivity index (χ1v) is 9.59. The molecule has 2 aromatic carbocycles. The van der Waals surface area contributed by atoms with E-state index in [0.717, 1.165) is 11.8 Å². The topological polar surface area (TPSA) is 56.1 Å². The van der Waals surface area contributed by atoms with E-state index in [-0.39, 0.29) is 12.2 Å². The second-order valence-corrected chi connectivity index (χ2v) is 7.31. The monoisotopic (exact) mass is 477 g/mol. The summed E-state index contributed by atoms with van der Waals surface area (Å²) in [6, 6.07) is 10.5. The van der Waals surface area contributed by atoms with E-state index < -0.39 is 23.7 Å². The first-order chi connectivity index (χ1) is 14.1. The van der Waals surface area contributed by atoms with E-state index in [9.17, 15) is 18.0 Å². The van der Waals surface area contributed by atoms with Gasteiger partial charge < -0.3 is 10.1 Å². The van der Waals surface area contributed by atoms with Crippen LogP contribution < -0.4 is 10.1 Å². The van der Waals surface area contributed by atoms with Crippen LogP contribution in [0.2, 0.25) is 15.1 Å². The summed E-state index contributed by atoms with van der Waals surface area (Å²) in [6.07, 6.45) is -4.65. The van der Waals surface area contributed by atoms with Crippen LogP contribution in [0, 0.1) is 0 Å². The number of hydrogen-bond acceptors (Lipinski definition) is 3. The minimum Gasteiger partial charge on any atom is -0.406 e. The van der Waals surface area contributed by atoms with Crippen molar-refractivity contribution < 1.29 is 22.7 Å². The Balaban J connectivity index is 1.70. The van der Waals surface area contributed by atoms with Crippen LogP contribution in [0.15, 0.2) is 48.7 Å². The largest absolute Gasteiger partial charge is 0.437 e. The van der Waals surface area contributed by atoms with E-state index in [1.165, 1.54) is 24.3 Å². The highest BCUT2D eigenvalue weighted by atomic mass is 35.5. The Labute approximate surface area is 184 Å². The van der Waals surface area contributed by atoms with Gasteiger partial charge in [-0.15, -0.1) is 0 Å². The molecule has 0 bridgehead atoms. The Morgan fingerprint density at radius 3 is 2.40 bits per heavy atom. The molecule has 0 saturated heterocycles. The van der Waals surface area contributed by atoms with Gasteiger partial charge in [-0.05, 0) is 48.4 Å². The fraction of sp³-hybridized carbons (Fsp3) is 0.158. The lowest BCUT2D eigenvalue weighted by atomic mass is 10.1. The van der Waals surface area contributed by atoms with Crippen LogP contribution >= 0.6 is 34.8 Å². The molecule has 1 amide bonds. The molecular weight excluding hydrogens is 466 g/mol. The number of rotatable bonds is 5. The number of aromatic nitrogens is 2. The van der Waals surface area contributed by atoms with Crippen molar-refractivity contribution in [1.29, 1.82) is 0 Å². The lowest BCUT2D eigenvalue weighted by Gasteiger charge is -2.13. The standard InChI is InChI=1S/C19H13Cl3F3N3O2/c20-12-2-4-13(5-3-12)28-17(19(23,24)25)16(10-27-28)30-18(29)26-8-7-11-1-6-14(21)15(22)9-11/h1-6,9-10H,7-8H2,(H,26,29). The molecule has 1 heterocycles. The molecular formula is C19H13Cl3F3N3O2. The zero-order valence-corrected chi connectivity index (χ0v) is 17.3. The third-order valence-electron chi connectivity index (χ3n) is 3.95. The number of hydrogen-bond donors (Lipinski definition) is 1. The van der Waals surface area contributed by atoms with Gasteiger partial charge >= 0.3 is 12.3 Å². The van der Waals surface area contributed by atoms with Crippen LogP contribution in [-0.2, 0) is 12.6 Å². The average Bonchev–Trinajstić information content (AvgIpc) is 3.09. The third kappa shape index (κ3) is 5.38. The number of carbonyl (C=O) groups excluding carboxylic acids is 1. The highest BCUT2D eigenvalue weighted by molar-refractivity contribution is 6.42. The van der Waals surface area contributed by atoms with Crippen molar-refractivity contribution in [2.75, 3.05) is 6.54 Å². The van der Waals surface area contributed by atoms with E-state index in [2.05, 4.69) is 10.4 Å². The first-order valence-electron chi connectivity index (χ1n) is 8.46. The Bertz CT molecular complexity index is 1050. The van der Waals surface area contributed by atoms with Gasteiger partial charge in [0.2, 0.25) is 0 Å². The zero-order valence-electron chi connectivity index (χ0n) is 15.0. The molecule has 0 unspecified atom stereocenters. The van der Waals surface area contributed by atoms with Gasteiger partial charge in [0.25, 0.3) is 0 Å². The molecule has 0 aliphatic carbocycles. The van der Waals surface area contributed by atoms with Crippen LogP contribution in [0.3, 0.4) is 0 Å². The Hall–Kier alpha value is -2.42. The lowest BCUT2D eigenvalue weighted by Crippen LogP contribution is -2.29. The van der Waals surface area contributed by atoms with Gasteiger partial charge in [-0.3, -0.25) is 0 Å². The molecule has 0 radical (unpaired) electrons. The summed E-state index contributed by atoms with van der Waals surface area (Å²) >= 11 is 17.5. The second-order valence-electron chi connectivity index (χ2n) is 6.06. The van der Waals surface area contributed by atoms with Gasteiger partial charge in [0.05, 0.1) is 21.9 Å². The second kappa shape index (κ2) is 9.16. The van der Waals surface area contributed by atoms with Crippen molar-refractivity contribution in [3.63, 3.8) is 0 Å². The molecule has 11 heteroatoms. The zero-order chi connectivity index (χ0) is 21.9. The number of alkyl halides is 3. The third-order valence-corrected chi connectivity index (χ3v) is 4.94. The van der Waals surface area contributed by atoms with Crippen molar-refractivity contribution in [2.24, 2.45) is 0 Å². The van der Waals surface area contributed by atoms with Crippen molar-refractivity contribution in [1.82, 2.24) is 15.1 Å². The van der Waals surface area contributed by atoms with Gasteiger partial charge in [-0.25, -0.2) is 9.48 Å². The predicted molar refractivity (Wildman–Crippen MR) is 108 cm³/mol. The molecule has 0 saturated carbocycles. The summed E-state index contributed by atoms with van der Waals surface area (Å²) in [4.78, 5) is 12.0. The van der Waals surface area contributed by atoms with Gasteiger partial charge in [0.15, 0.2) is 11.4 Å². The molecule has 3 rings (SSSR count). The number of nitrogens with one attached hydrogen (secondary N) is 1. The van der Waals surface area contributed by atoms with Crippen LogP contribution in [0.1, 0.15) is 11.3 Å². The maximum Gasteiger partial charge on any atom is 0.437 e. The van der Waals surface area contributed by atoms with Crippen molar-refractivity contribution in [2.45, 2.75) is 12.6 Å². The highest BCUT2D eigenvalue weighted by Crippen LogP contribution is 2.37. The Morgan fingerprint density at radius 1 is 1.07 bits per heavy atom. The van der Waals surface area contributed by atoms with Gasteiger partial charge in [-0.2, -0.15) is 18.3 Å². The number of benzene rings is 2. The summed E-state index contributed by atoms with van der Waals surface area (Å²) in [7, 11) is 0. The highest BCUT2D eigenvalue weighted by Gasteiger charge is 2.40. The van der Waals surface area contributed by atoms with E-state index >= 15 is 0 Å². The number of nitrogens with zero attached hydrogens (tertiary/aromatic N) is 2. The first kappa shape index (κ1) is 22.3. The molecule has 158 valence electrons. The summed E-state index contributed by atoms with van der Waals surface area (Å²) in [5.74, 6) is -0.718. The molecule has 3 aromatic rings. The van der Waals surface area contributed by atoms with E-state index in [1.807, 2.05) is 0 Å². The summed E-state index contributed by atoms with van der Waals surface area (Å²) in [5, 5.41) is 7.21. The van der Waals surface area contributed by atoms with Crippen molar-refractivity contribution in [3.8, 4) is 11.4 Å². The fourth-order valence-electron chi connectivity index (χ4n) is 2.59. The smallest absolute Gasteiger partial charge is 0.406 e. The van der Waals surface area contributed by atoms with Crippen molar-refractivity contribution >= 4 is 40.9 Å². The summed E-state index contributed by atoms with van der Waals surface area (Å²) in [5.41, 5.74) is -0.317. The number of halogens is 6. The molecule has 0 aliphatic heterocycles. The number of amides is 1. The lowest BCUT2D eigenvalue weighted by molar-refractivity contribution is -0.143. The van der Waals surface area contributed by atoms with E-state index in [0.29, 0.717) is 26.2 Å². The fourth-order valence-corrected chi connectivity index (χ4v) is 3.03. The predicted octanol–water partition coefficient (Wildman–Crippen LogP) is 6.18. The van der Waals surface area contributed by atoms with Crippen LogP contribution in [0.25, 0.3) is 5.69 Å². The summed E-state index contributed by atoms with van der Waals surface area (Å²) < 4.78 is 46.2. The Kier molecular flexibility index (Phi) is 6.80. The quantitative estimate of drug-likeness (QED) is 0.476. The van der Waals surface area contributed by atoms with Gasteiger partial charge in [-0.1, -0.05) is 40.9 Å². The molecule has 0 fully saturated rings. The molecule has 1 aromatic heterocycles. The average molecular weight is 479 g/mol. The molecule has 1 N–H and O–H groups in total. The van der Waals surface area contributed by atoms with Gasteiger partial charge in [0.1, 0.15) is 0 Å². The Morgan fingerprint density at radius 2 is 1.77 bits per heavy atom. The molecule has 30 heavy (non-hydrogen) atoms. The molecule has 0 spiro atoms.